The lowest BCUT2D eigenvalue weighted by Crippen LogP contribution is -2.35. The molecule has 1 aliphatic rings. The molecule has 2 heterocycles. The number of carbonyl (C=O) groups excluding carboxylic acids is 1. The molecule has 33 heavy (non-hydrogen) atoms. The van der Waals surface area contributed by atoms with E-state index in [1.54, 1.807) is 17.0 Å². The third-order valence-electron chi connectivity index (χ3n) is 5.09. The van der Waals surface area contributed by atoms with Crippen molar-refractivity contribution in [2.45, 2.75) is 52.1 Å². The number of anilines is 1. The van der Waals surface area contributed by atoms with Crippen molar-refractivity contribution in [2.24, 2.45) is 0 Å². The number of carboxylic acids is 1. The molecule has 0 saturated carbocycles. The molecule has 8 nitrogen and oxygen atoms in total. The molecule has 0 saturated heterocycles. The van der Waals surface area contributed by atoms with Crippen LogP contribution >= 0.6 is 0 Å². The quantitative estimate of drug-likeness (QED) is 0.657. The number of benzene rings is 1. The molecule has 2 aromatic rings. The number of fused-ring (bicyclic) bond motifs is 1. The molecule has 0 aliphatic carbocycles. The van der Waals surface area contributed by atoms with Crippen LogP contribution in [-0.4, -0.2) is 62.3 Å². The maximum absolute atomic E-state index is 13.3. The second-order valence-corrected chi connectivity index (χ2v) is 7.86. The number of imidazole rings is 1. The molecule has 0 unspecified atom stereocenters. The van der Waals surface area contributed by atoms with Crippen LogP contribution < -0.4 is 5.32 Å². The molecule has 0 radical (unpaired) electrons. The topological polar surface area (TPSA) is 90.7 Å². The molecule has 182 valence electrons. The SMILES string of the molecule is CC(C)N(C)Cc1ncn2c1CN(C(=O)Nc1cccc(F)c1)CCC2.O=C(O)C(F)(F)F. The molecule has 12 heteroatoms. The molecule has 1 aromatic heterocycles. The van der Waals surface area contributed by atoms with Gasteiger partial charge < -0.3 is 19.9 Å². The molecule has 3 rings (SSSR count). The fraction of sp³-hybridized carbons (Fsp3) is 0.476. The highest BCUT2D eigenvalue weighted by molar-refractivity contribution is 5.89. The largest absolute Gasteiger partial charge is 0.490 e. The van der Waals surface area contributed by atoms with Crippen molar-refractivity contribution in [2.75, 3.05) is 18.9 Å². The minimum atomic E-state index is -5.08. The first-order chi connectivity index (χ1) is 15.4. The van der Waals surface area contributed by atoms with Gasteiger partial charge in [0.05, 0.1) is 24.3 Å². The number of aromatic nitrogens is 2. The molecule has 1 aliphatic heterocycles. The Hall–Kier alpha value is -3.15. The Kier molecular flexibility index (Phi) is 8.80. The minimum Gasteiger partial charge on any atom is -0.475 e. The molecule has 0 spiro atoms. The summed E-state index contributed by atoms with van der Waals surface area (Å²) in [5.41, 5.74) is 2.54. The van der Waals surface area contributed by atoms with E-state index < -0.39 is 12.1 Å². The van der Waals surface area contributed by atoms with Crippen molar-refractivity contribution in [3.63, 3.8) is 0 Å². The molecular formula is C21H27F4N5O3. The van der Waals surface area contributed by atoms with Crippen LogP contribution in [0.1, 0.15) is 31.7 Å². The van der Waals surface area contributed by atoms with Gasteiger partial charge in [-0.05, 0) is 45.5 Å². The predicted molar refractivity (Wildman–Crippen MR) is 113 cm³/mol. The summed E-state index contributed by atoms with van der Waals surface area (Å²) in [6, 6.07) is 6.16. The number of urea groups is 1. The number of nitrogens with zero attached hydrogens (tertiary/aromatic N) is 4. The highest BCUT2D eigenvalue weighted by Gasteiger charge is 2.38. The number of aliphatic carboxylic acids is 1. The van der Waals surface area contributed by atoms with E-state index in [0.717, 1.165) is 30.9 Å². The number of amides is 2. The maximum atomic E-state index is 13.3. The van der Waals surface area contributed by atoms with Crippen molar-refractivity contribution in [3.05, 3.63) is 47.8 Å². The summed E-state index contributed by atoms with van der Waals surface area (Å²) in [7, 11) is 2.07. The van der Waals surface area contributed by atoms with Crippen molar-refractivity contribution >= 4 is 17.7 Å². The van der Waals surface area contributed by atoms with Gasteiger partial charge in [0.15, 0.2) is 0 Å². The maximum Gasteiger partial charge on any atom is 0.490 e. The van der Waals surface area contributed by atoms with Gasteiger partial charge in [0.2, 0.25) is 0 Å². The van der Waals surface area contributed by atoms with Gasteiger partial charge in [-0.3, -0.25) is 4.90 Å². The van der Waals surface area contributed by atoms with Crippen LogP contribution in [0.2, 0.25) is 0 Å². The Morgan fingerprint density at radius 3 is 2.52 bits per heavy atom. The fourth-order valence-electron chi connectivity index (χ4n) is 3.01. The van der Waals surface area contributed by atoms with E-state index >= 15 is 0 Å². The van der Waals surface area contributed by atoms with E-state index in [1.807, 2.05) is 6.33 Å². The molecular weight excluding hydrogens is 446 g/mol. The number of aryl methyl sites for hydroxylation is 1. The molecule has 2 N–H and O–H groups in total. The van der Waals surface area contributed by atoms with Crippen molar-refractivity contribution in [1.82, 2.24) is 19.4 Å². The molecule has 0 bridgehead atoms. The number of hydrogen-bond donors (Lipinski definition) is 2. The summed E-state index contributed by atoms with van der Waals surface area (Å²) in [5, 5.41) is 9.91. The first-order valence-electron chi connectivity index (χ1n) is 10.2. The zero-order valence-corrected chi connectivity index (χ0v) is 18.6. The fourth-order valence-corrected chi connectivity index (χ4v) is 3.01. The van der Waals surface area contributed by atoms with Crippen LogP contribution in [0.3, 0.4) is 0 Å². The summed E-state index contributed by atoms with van der Waals surface area (Å²) in [6.45, 7) is 7.04. The Morgan fingerprint density at radius 1 is 1.27 bits per heavy atom. The van der Waals surface area contributed by atoms with Crippen molar-refractivity contribution in [3.8, 4) is 0 Å². The second-order valence-electron chi connectivity index (χ2n) is 7.86. The average Bonchev–Trinajstić information content (AvgIpc) is 2.94. The lowest BCUT2D eigenvalue weighted by atomic mass is 10.2. The van der Waals surface area contributed by atoms with E-state index in [0.29, 0.717) is 24.8 Å². The molecule has 1 aromatic carbocycles. The predicted octanol–water partition coefficient (Wildman–Crippen LogP) is 3.93. The highest BCUT2D eigenvalue weighted by Crippen LogP contribution is 2.19. The Labute approximate surface area is 188 Å². The monoisotopic (exact) mass is 473 g/mol. The van der Waals surface area contributed by atoms with Gasteiger partial charge in [0.1, 0.15) is 5.82 Å². The van der Waals surface area contributed by atoms with Gasteiger partial charge in [-0.25, -0.2) is 19.0 Å². The summed E-state index contributed by atoms with van der Waals surface area (Å²) in [4.78, 5) is 30.1. The van der Waals surface area contributed by atoms with Gasteiger partial charge in [-0.15, -0.1) is 0 Å². The van der Waals surface area contributed by atoms with E-state index in [4.69, 9.17) is 9.90 Å². The lowest BCUT2D eigenvalue weighted by molar-refractivity contribution is -0.192. The molecule has 2 amide bonds. The Morgan fingerprint density at radius 2 is 1.94 bits per heavy atom. The van der Waals surface area contributed by atoms with E-state index in [1.165, 1.54) is 12.1 Å². The number of hydrogen-bond acceptors (Lipinski definition) is 4. The Balaban J connectivity index is 0.000000479. The van der Waals surface area contributed by atoms with E-state index in [9.17, 15) is 22.4 Å². The number of carboxylic acid groups (broad SMARTS) is 1. The van der Waals surface area contributed by atoms with Gasteiger partial charge >= 0.3 is 18.2 Å². The van der Waals surface area contributed by atoms with Crippen LogP contribution in [-0.2, 0) is 24.4 Å². The van der Waals surface area contributed by atoms with E-state index in [2.05, 4.69) is 40.7 Å². The van der Waals surface area contributed by atoms with Gasteiger partial charge in [0.25, 0.3) is 0 Å². The van der Waals surface area contributed by atoms with Crippen LogP contribution in [0.4, 0.5) is 28.0 Å². The summed E-state index contributed by atoms with van der Waals surface area (Å²) < 4.78 is 47.2. The van der Waals surface area contributed by atoms with Gasteiger partial charge in [-0.1, -0.05) is 6.07 Å². The van der Waals surface area contributed by atoms with E-state index in [-0.39, 0.29) is 11.8 Å². The third kappa shape index (κ3) is 7.74. The number of carbonyl (C=O) groups is 2. The van der Waals surface area contributed by atoms with Crippen LogP contribution in [0, 0.1) is 5.82 Å². The third-order valence-corrected chi connectivity index (χ3v) is 5.09. The molecule has 0 fully saturated rings. The second kappa shape index (κ2) is 11.1. The number of alkyl halides is 3. The smallest absolute Gasteiger partial charge is 0.475 e. The highest BCUT2D eigenvalue weighted by atomic mass is 19.4. The summed E-state index contributed by atoms with van der Waals surface area (Å²) in [5.74, 6) is -3.12. The lowest BCUT2D eigenvalue weighted by Gasteiger charge is -2.23. The molecule has 0 atom stereocenters. The number of nitrogens with one attached hydrogen (secondary N) is 1. The average molecular weight is 473 g/mol. The van der Waals surface area contributed by atoms with Gasteiger partial charge in [-0.2, -0.15) is 13.2 Å². The Bertz CT molecular complexity index is 962. The van der Waals surface area contributed by atoms with Crippen molar-refractivity contribution < 1.29 is 32.3 Å². The van der Waals surface area contributed by atoms with Crippen LogP contribution in [0.25, 0.3) is 0 Å². The minimum absolute atomic E-state index is 0.214. The zero-order valence-electron chi connectivity index (χ0n) is 18.6. The van der Waals surface area contributed by atoms with Gasteiger partial charge in [0, 0.05) is 31.4 Å². The first kappa shape index (κ1) is 26.1. The number of rotatable bonds is 4. The summed E-state index contributed by atoms with van der Waals surface area (Å²) in [6.07, 6.45) is -2.35. The van der Waals surface area contributed by atoms with Crippen molar-refractivity contribution in [1.29, 1.82) is 0 Å². The van der Waals surface area contributed by atoms with Crippen LogP contribution in [0.5, 0.6) is 0 Å². The zero-order chi connectivity index (χ0) is 24.8. The standard InChI is InChI=1S/C19H26FN5O.C2HF3O2/c1-14(2)23(3)11-17-18-12-24(8-5-9-25(18)13-21-17)19(26)22-16-7-4-6-15(20)10-16;3-2(4,5)1(6)7/h4,6-7,10,13-14H,5,8-9,11-12H2,1-3H3,(H,22,26);(H,6,7). The normalized spacial score (nSPS) is 13.8. The first-order valence-corrected chi connectivity index (χ1v) is 10.2. The van der Waals surface area contributed by atoms with Crippen LogP contribution in [0.15, 0.2) is 30.6 Å². The summed E-state index contributed by atoms with van der Waals surface area (Å²) >= 11 is 0. The number of halogens is 4.